The van der Waals surface area contributed by atoms with E-state index in [-0.39, 0.29) is 5.54 Å². The van der Waals surface area contributed by atoms with E-state index >= 15 is 0 Å². The highest BCUT2D eigenvalue weighted by Gasteiger charge is 2.12. The zero-order chi connectivity index (χ0) is 16.2. The van der Waals surface area contributed by atoms with Crippen LogP contribution in [0.25, 0.3) is 0 Å². The van der Waals surface area contributed by atoms with Crippen molar-refractivity contribution >= 4 is 23.2 Å². The first-order chi connectivity index (χ1) is 10.4. The molecular weight excluding hydrogens is 317 g/mol. The summed E-state index contributed by atoms with van der Waals surface area (Å²) in [5, 5.41) is 4.71. The van der Waals surface area contributed by atoms with Gasteiger partial charge in [-0.1, -0.05) is 47.5 Å². The van der Waals surface area contributed by atoms with Crippen molar-refractivity contribution < 1.29 is 4.74 Å². The fourth-order valence-electron chi connectivity index (χ4n) is 1.97. The monoisotopic (exact) mass is 337 g/mol. The topological polar surface area (TPSA) is 21.3 Å². The van der Waals surface area contributed by atoms with E-state index in [9.17, 15) is 0 Å². The highest BCUT2D eigenvalue weighted by atomic mass is 35.5. The van der Waals surface area contributed by atoms with Crippen molar-refractivity contribution in [3.05, 3.63) is 63.6 Å². The minimum Gasteiger partial charge on any atom is -0.488 e. The average molecular weight is 338 g/mol. The molecule has 0 aliphatic carbocycles. The van der Waals surface area contributed by atoms with Crippen molar-refractivity contribution in [2.24, 2.45) is 0 Å². The molecule has 0 atom stereocenters. The van der Waals surface area contributed by atoms with Crippen LogP contribution in [0.2, 0.25) is 10.0 Å². The van der Waals surface area contributed by atoms with E-state index in [1.54, 1.807) is 0 Å². The Morgan fingerprint density at radius 3 is 2.23 bits per heavy atom. The van der Waals surface area contributed by atoms with Gasteiger partial charge in [-0.05, 0) is 39.0 Å². The molecule has 0 saturated heterocycles. The Kier molecular flexibility index (Phi) is 5.74. The van der Waals surface area contributed by atoms with Gasteiger partial charge < -0.3 is 10.1 Å². The van der Waals surface area contributed by atoms with Gasteiger partial charge in [-0.2, -0.15) is 0 Å². The lowest BCUT2D eigenvalue weighted by Crippen LogP contribution is -2.35. The van der Waals surface area contributed by atoms with Gasteiger partial charge in [-0.3, -0.25) is 0 Å². The molecule has 0 spiro atoms. The van der Waals surface area contributed by atoms with E-state index in [1.165, 1.54) is 0 Å². The number of para-hydroxylation sites is 1. The van der Waals surface area contributed by atoms with E-state index in [1.807, 2.05) is 36.4 Å². The van der Waals surface area contributed by atoms with Crippen LogP contribution < -0.4 is 10.1 Å². The molecule has 0 aromatic heterocycles. The molecule has 0 aliphatic rings. The standard InChI is InChI=1S/C18H21Cl2NO/c1-18(2,3)21-11-13-7-4-5-10-17(13)22-12-14-15(19)8-6-9-16(14)20/h4-10,21H,11-12H2,1-3H3. The second kappa shape index (κ2) is 7.36. The normalized spacial score (nSPS) is 11.5. The smallest absolute Gasteiger partial charge is 0.124 e. The van der Waals surface area contributed by atoms with Crippen LogP contribution in [0.3, 0.4) is 0 Å². The lowest BCUT2D eigenvalue weighted by atomic mass is 10.1. The molecule has 1 N–H and O–H groups in total. The molecule has 0 heterocycles. The zero-order valence-corrected chi connectivity index (χ0v) is 14.6. The Hall–Kier alpha value is -1.22. The van der Waals surface area contributed by atoms with Crippen molar-refractivity contribution in [1.29, 1.82) is 0 Å². The van der Waals surface area contributed by atoms with Crippen molar-refractivity contribution in [2.75, 3.05) is 0 Å². The number of hydrogen-bond donors (Lipinski definition) is 1. The minimum absolute atomic E-state index is 0.0547. The molecule has 0 fully saturated rings. The number of halogens is 2. The van der Waals surface area contributed by atoms with Crippen LogP contribution in [0.1, 0.15) is 31.9 Å². The highest BCUT2D eigenvalue weighted by Crippen LogP contribution is 2.27. The molecule has 22 heavy (non-hydrogen) atoms. The number of nitrogens with one attached hydrogen (secondary N) is 1. The van der Waals surface area contributed by atoms with Crippen molar-refractivity contribution in [2.45, 2.75) is 39.5 Å². The SMILES string of the molecule is CC(C)(C)NCc1ccccc1OCc1c(Cl)cccc1Cl. The summed E-state index contributed by atoms with van der Waals surface area (Å²) in [6.45, 7) is 7.51. The fraction of sp³-hybridized carbons (Fsp3) is 0.333. The third-order valence-corrected chi connectivity index (χ3v) is 3.92. The molecule has 0 unspecified atom stereocenters. The minimum atomic E-state index is 0.0547. The summed E-state index contributed by atoms with van der Waals surface area (Å²) < 4.78 is 5.94. The Morgan fingerprint density at radius 2 is 1.59 bits per heavy atom. The Bertz CT molecular complexity index is 615. The molecule has 2 nitrogen and oxygen atoms in total. The molecule has 2 aromatic rings. The molecule has 0 saturated carbocycles. The highest BCUT2D eigenvalue weighted by molar-refractivity contribution is 6.35. The molecule has 0 amide bonds. The third kappa shape index (κ3) is 4.91. The molecule has 0 bridgehead atoms. The largest absolute Gasteiger partial charge is 0.488 e. The van der Waals surface area contributed by atoms with Crippen molar-refractivity contribution in [3.8, 4) is 5.75 Å². The summed E-state index contributed by atoms with van der Waals surface area (Å²) in [7, 11) is 0. The quantitative estimate of drug-likeness (QED) is 0.781. The zero-order valence-electron chi connectivity index (χ0n) is 13.1. The summed E-state index contributed by atoms with van der Waals surface area (Å²) in [6.07, 6.45) is 0. The molecule has 0 radical (unpaired) electrons. The molecule has 2 rings (SSSR count). The lowest BCUT2D eigenvalue weighted by Gasteiger charge is -2.21. The molecule has 118 valence electrons. The van der Waals surface area contributed by atoms with Gasteiger partial charge in [-0.25, -0.2) is 0 Å². The Balaban J connectivity index is 2.10. The van der Waals surface area contributed by atoms with Crippen LogP contribution in [0, 0.1) is 0 Å². The second-order valence-corrected chi connectivity index (χ2v) is 7.01. The van der Waals surface area contributed by atoms with E-state index in [0.717, 1.165) is 23.4 Å². The fourth-order valence-corrected chi connectivity index (χ4v) is 2.48. The molecule has 0 aliphatic heterocycles. The van der Waals surface area contributed by atoms with Gasteiger partial charge in [-0.15, -0.1) is 0 Å². The summed E-state index contributed by atoms with van der Waals surface area (Å²) >= 11 is 12.4. The number of ether oxygens (including phenoxy) is 1. The van der Waals surface area contributed by atoms with Gasteiger partial charge in [0.15, 0.2) is 0 Å². The maximum atomic E-state index is 6.18. The van der Waals surface area contributed by atoms with E-state index in [4.69, 9.17) is 27.9 Å². The van der Waals surface area contributed by atoms with Gasteiger partial charge in [0, 0.05) is 33.3 Å². The Morgan fingerprint density at radius 1 is 0.955 bits per heavy atom. The predicted octanol–water partition coefficient (Wildman–Crippen LogP) is 5.46. The van der Waals surface area contributed by atoms with Crippen LogP contribution in [-0.4, -0.2) is 5.54 Å². The number of hydrogen-bond acceptors (Lipinski definition) is 2. The van der Waals surface area contributed by atoms with Gasteiger partial charge in [0.25, 0.3) is 0 Å². The summed E-state index contributed by atoms with van der Waals surface area (Å²) in [4.78, 5) is 0. The van der Waals surface area contributed by atoms with E-state index in [0.29, 0.717) is 16.7 Å². The average Bonchev–Trinajstić information content (AvgIpc) is 2.45. The molecule has 4 heteroatoms. The Labute approximate surface area is 142 Å². The summed E-state index contributed by atoms with van der Waals surface area (Å²) in [5.74, 6) is 0.843. The van der Waals surface area contributed by atoms with Crippen molar-refractivity contribution in [1.82, 2.24) is 5.32 Å². The van der Waals surface area contributed by atoms with Gasteiger partial charge in [0.2, 0.25) is 0 Å². The van der Waals surface area contributed by atoms with Crippen LogP contribution >= 0.6 is 23.2 Å². The first kappa shape index (κ1) is 17.1. The van der Waals surface area contributed by atoms with Crippen LogP contribution in [0.5, 0.6) is 5.75 Å². The van der Waals surface area contributed by atoms with Crippen LogP contribution in [0.15, 0.2) is 42.5 Å². The van der Waals surface area contributed by atoms with Gasteiger partial charge in [0.05, 0.1) is 0 Å². The van der Waals surface area contributed by atoms with E-state index < -0.39 is 0 Å². The first-order valence-corrected chi connectivity index (χ1v) is 8.01. The second-order valence-electron chi connectivity index (χ2n) is 6.20. The molecular formula is C18H21Cl2NO. The van der Waals surface area contributed by atoms with Gasteiger partial charge >= 0.3 is 0 Å². The summed E-state index contributed by atoms with van der Waals surface area (Å²) in [5.41, 5.74) is 1.98. The predicted molar refractivity (Wildman–Crippen MR) is 93.8 cm³/mol. The third-order valence-electron chi connectivity index (χ3n) is 3.22. The number of rotatable bonds is 5. The van der Waals surface area contributed by atoms with Crippen LogP contribution in [-0.2, 0) is 13.2 Å². The van der Waals surface area contributed by atoms with E-state index in [2.05, 4.69) is 32.2 Å². The summed E-state index contributed by atoms with van der Waals surface area (Å²) in [6, 6.07) is 13.5. The maximum Gasteiger partial charge on any atom is 0.124 e. The van der Waals surface area contributed by atoms with Crippen molar-refractivity contribution in [3.63, 3.8) is 0 Å². The first-order valence-electron chi connectivity index (χ1n) is 7.25. The van der Waals surface area contributed by atoms with Gasteiger partial charge in [0.1, 0.15) is 12.4 Å². The number of benzene rings is 2. The lowest BCUT2D eigenvalue weighted by molar-refractivity contribution is 0.300. The molecule has 2 aromatic carbocycles. The maximum absolute atomic E-state index is 6.18. The van der Waals surface area contributed by atoms with Crippen LogP contribution in [0.4, 0.5) is 0 Å².